The third-order valence-electron chi connectivity index (χ3n) is 2.84. The first-order valence-corrected chi connectivity index (χ1v) is 6.70. The molecule has 1 aliphatic heterocycles. The maximum absolute atomic E-state index is 10.9. The van der Waals surface area contributed by atoms with Gasteiger partial charge in [-0.1, -0.05) is 0 Å². The number of aromatic nitrogens is 1. The van der Waals surface area contributed by atoms with E-state index in [1.165, 1.54) is 18.3 Å². The van der Waals surface area contributed by atoms with Gasteiger partial charge in [0.15, 0.2) is 5.13 Å². The van der Waals surface area contributed by atoms with Crippen LogP contribution in [0.15, 0.2) is 5.38 Å². The van der Waals surface area contributed by atoms with Gasteiger partial charge in [-0.05, 0) is 6.92 Å². The maximum Gasteiger partial charge on any atom is 0.223 e. The highest BCUT2D eigenvalue weighted by Crippen LogP contribution is 2.17. The molecule has 6 heteroatoms. The lowest BCUT2D eigenvalue weighted by molar-refractivity contribution is -0.114. The van der Waals surface area contributed by atoms with Crippen molar-refractivity contribution in [3.63, 3.8) is 0 Å². The molecule has 94 valence electrons. The molecule has 2 N–H and O–H groups in total. The van der Waals surface area contributed by atoms with Gasteiger partial charge in [0.1, 0.15) is 0 Å². The zero-order chi connectivity index (χ0) is 12.3. The SMILES string of the molecule is CC(=O)Nc1nc(CN2CCNC[C@@H]2C)cs1. The van der Waals surface area contributed by atoms with E-state index in [1.54, 1.807) is 0 Å². The summed E-state index contributed by atoms with van der Waals surface area (Å²) in [6.07, 6.45) is 0. The van der Waals surface area contributed by atoms with Crippen LogP contribution in [-0.4, -0.2) is 41.5 Å². The Morgan fingerprint density at radius 1 is 1.76 bits per heavy atom. The van der Waals surface area contributed by atoms with Crippen molar-refractivity contribution in [3.05, 3.63) is 11.1 Å². The fourth-order valence-electron chi connectivity index (χ4n) is 1.91. The highest BCUT2D eigenvalue weighted by molar-refractivity contribution is 7.13. The topological polar surface area (TPSA) is 57.3 Å². The summed E-state index contributed by atoms with van der Waals surface area (Å²) < 4.78 is 0. The van der Waals surface area contributed by atoms with Crippen LogP contribution in [0.25, 0.3) is 0 Å². The number of piperazine rings is 1. The van der Waals surface area contributed by atoms with Crippen LogP contribution in [-0.2, 0) is 11.3 Å². The molecule has 0 unspecified atom stereocenters. The molecule has 1 atom stereocenters. The van der Waals surface area contributed by atoms with Crippen LogP contribution in [0.2, 0.25) is 0 Å². The predicted molar refractivity (Wildman–Crippen MR) is 69.2 cm³/mol. The summed E-state index contributed by atoms with van der Waals surface area (Å²) in [4.78, 5) is 17.7. The number of hydrogen-bond donors (Lipinski definition) is 2. The summed E-state index contributed by atoms with van der Waals surface area (Å²) in [5.74, 6) is -0.0681. The minimum Gasteiger partial charge on any atom is -0.314 e. The van der Waals surface area contributed by atoms with Crippen molar-refractivity contribution in [2.45, 2.75) is 26.4 Å². The molecule has 0 aromatic carbocycles. The molecule has 1 fully saturated rings. The monoisotopic (exact) mass is 254 g/mol. The summed E-state index contributed by atoms with van der Waals surface area (Å²) >= 11 is 1.48. The molecule has 0 radical (unpaired) electrons. The quantitative estimate of drug-likeness (QED) is 0.841. The van der Waals surface area contributed by atoms with Crippen LogP contribution in [0.3, 0.4) is 0 Å². The Bertz CT molecular complexity index is 393. The third kappa shape index (κ3) is 3.49. The number of carbonyl (C=O) groups excluding carboxylic acids is 1. The fourth-order valence-corrected chi connectivity index (χ4v) is 2.66. The molecule has 17 heavy (non-hydrogen) atoms. The molecule has 0 spiro atoms. The van der Waals surface area contributed by atoms with Gasteiger partial charge in [-0.25, -0.2) is 4.98 Å². The molecule has 2 heterocycles. The Kier molecular flexibility index (Phi) is 4.09. The summed E-state index contributed by atoms with van der Waals surface area (Å²) in [5, 5.41) is 8.78. The number of rotatable bonds is 3. The molecule has 2 rings (SSSR count). The van der Waals surface area contributed by atoms with Crippen molar-refractivity contribution in [1.29, 1.82) is 0 Å². The second-order valence-corrected chi connectivity index (χ2v) is 5.21. The van der Waals surface area contributed by atoms with Gasteiger partial charge in [-0.15, -0.1) is 11.3 Å². The lowest BCUT2D eigenvalue weighted by Crippen LogP contribution is -2.49. The number of hydrogen-bond acceptors (Lipinski definition) is 5. The van der Waals surface area contributed by atoms with Gasteiger partial charge in [0.2, 0.25) is 5.91 Å². The van der Waals surface area contributed by atoms with Gasteiger partial charge in [-0.2, -0.15) is 0 Å². The van der Waals surface area contributed by atoms with E-state index in [9.17, 15) is 4.79 Å². The van der Waals surface area contributed by atoms with Crippen molar-refractivity contribution in [1.82, 2.24) is 15.2 Å². The van der Waals surface area contributed by atoms with Gasteiger partial charge in [0.05, 0.1) is 5.69 Å². The number of thiazole rings is 1. The van der Waals surface area contributed by atoms with E-state index >= 15 is 0 Å². The molecular weight excluding hydrogens is 236 g/mol. The smallest absolute Gasteiger partial charge is 0.223 e. The molecule has 1 aromatic rings. The van der Waals surface area contributed by atoms with Crippen molar-refractivity contribution < 1.29 is 4.79 Å². The van der Waals surface area contributed by atoms with Gasteiger partial charge >= 0.3 is 0 Å². The number of anilines is 1. The van der Waals surface area contributed by atoms with Crippen LogP contribution in [0, 0.1) is 0 Å². The molecule has 1 saturated heterocycles. The average molecular weight is 254 g/mol. The molecule has 1 aromatic heterocycles. The van der Waals surface area contributed by atoms with Crippen LogP contribution in [0.1, 0.15) is 19.5 Å². The highest BCUT2D eigenvalue weighted by Gasteiger charge is 2.18. The largest absolute Gasteiger partial charge is 0.314 e. The molecule has 5 nitrogen and oxygen atoms in total. The molecular formula is C11H18N4OS. The summed E-state index contributed by atoms with van der Waals surface area (Å²) in [7, 11) is 0. The second-order valence-electron chi connectivity index (χ2n) is 4.35. The number of amides is 1. The lowest BCUT2D eigenvalue weighted by atomic mass is 10.2. The molecule has 0 aliphatic carbocycles. The molecule has 1 amide bonds. The van der Waals surface area contributed by atoms with Gasteiger partial charge in [-0.3, -0.25) is 9.69 Å². The third-order valence-corrected chi connectivity index (χ3v) is 3.65. The average Bonchev–Trinajstić information content (AvgIpc) is 2.68. The highest BCUT2D eigenvalue weighted by atomic mass is 32.1. The Balaban J connectivity index is 1.93. The van der Waals surface area contributed by atoms with Crippen LogP contribution in [0.4, 0.5) is 5.13 Å². The Labute approximate surface area is 105 Å². The van der Waals surface area contributed by atoms with Crippen molar-refractivity contribution >= 4 is 22.4 Å². The van der Waals surface area contributed by atoms with Gasteiger partial charge in [0.25, 0.3) is 0 Å². The van der Waals surface area contributed by atoms with E-state index in [-0.39, 0.29) is 5.91 Å². The normalized spacial score (nSPS) is 21.4. The zero-order valence-corrected chi connectivity index (χ0v) is 11.0. The first-order valence-electron chi connectivity index (χ1n) is 5.82. The second kappa shape index (κ2) is 5.57. The first kappa shape index (κ1) is 12.5. The summed E-state index contributed by atoms with van der Waals surface area (Å²) in [6.45, 7) is 7.69. The molecule has 1 aliphatic rings. The van der Waals surface area contributed by atoms with E-state index in [2.05, 4.69) is 27.4 Å². The first-order chi connectivity index (χ1) is 8.15. The Hall–Kier alpha value is -0.980. The van der Waals surface area contributed by atoms with Crippen LogP contribution >= 0.6 is 11.3 Å². The van der Waals surface area contributed by atoms with Crippen LogP contribution in [0.5, 0.6) is 0 Å². The van der Waals surface area contributed by atoms with Crippen molar-refractivity contribution in [2.24, 2.45) is 0 Å². The maximum atomic E-state index is 10.9. The number of nitrogens with one attached hydrogen (secondary N) is 2. The van der Waals surface area contributed by atoms with Crippen molar-refractivity contribution in [2.75, 3.05) is 25.0 Å². The summed E-state index contributed by atoms with van der Waals surface area (Å²) in [6, 6.07) is 0.537. The van der Waals surface area contributed by atoms with E-state index < -0.39 is 0 Å². The van der Waals surface area contributed by atoms with Gasteiger partial charge in [0, 0.05) is 44.5 Å². The fraction of sp³-hybridized carbons (Fsp3) is 0.636. The van der Waals surface area contributed by atoms with E-state index in [1.807, 2.05) is 5.38 Å². The zero-order valence-electron chi connectivity index (χ0n) is 10.2. The Morgan fingerprint density at radius 2 is 2.59 bits per heavy atom. The number of carbonyl (C=O) groups is 1. The number of nitrogens with zero attached hydrogens (tertiary/aromatic N) is 2. The molecule has 0 saturated carbocycles. The van der Waals surface area contributed by atoms with E-state index in [4.69, 9.17) is 0 Å². The predicted octanol–water partition coefficient (Wildman–Crippen LogP) is 0.895. The van der Waals surface area contributed by atoms with Gasteiger partial charge < -0.3 is 10.6 Å². The summed E-state index contributed by atoms with van der Waals surface area (Å²) in [5.41, 5.74) is 1.03. The van der Waals surface area contributed by atoms with Crippen molar-refractivity contribution in [3.8, 4) is 0 Å². The minimum atomic E-state index is -0.0681. The Morgan fingerprint density at radius 3 is 3.29 bits per heavy atom. The van der Waals surface area contributed by atoms with Crippen LogP contribution < -0.4 is 10.6 Å². The standard InChI is InChI=1S/C11H18N4OS/c1-8-5-12-3-4-15(8)6-10-7-17-11(14-10)13-9(2)16/h7-8,12H,3-6H2,1-2H3,(H,13,14,16)/t8-/m0/s1. The van der Waals surface area contributed by atoms with E-state index in [0.29, 0.717) is 11.2 Å². The molecule has 0 bridgehead atoms. The minimum absolute atomic E-state index is 0.0681. The lowest BCUT2D eigenvalue weighted by Gasteiger charge is -2.33. The van der Waals surface area contributed by atoms with E-state index in [0.717, 1.165) is 31.9 Å².